The first-order valence-corrected chi connectivity index (χ1v) is 11.1. The quantitative estimate of drug-likeness (QED) is 0.176. The molecule has 0 heterocycles. The topological polar surface area (TPSA) is 20.2 Å². The molecule has 0 amide bonds. The van der Waals surface area contributed by atoms with Crippen molar-refractivity contribution < 1.29 is 5.11 Å². The molecule has 0 fully saturated rings. The Morgan fingerprint density at radius 3 is 1.42 bits per heavy atom. The van der Waals surface area contributed by atoms with Crippen LogP contribution in [0.15, 0.2) is 12.7 Å². The zero-order valence-corrected chi connectivity index (χ0v) is 16.7. The summed E-state index contributed by atoms with van der Waals surface area (Å²) in [5.41, 5.74) is 0. The molecule has 1 heteroatoms. The molecule has 1 atom stereocenters. The first-order valence-electron chi connectivity index (χ1n) is 11.1. The van der Waals surface area contributed by atoms with Crippen molar-refractivity contribution in [1.82, 2.24) is 0 Å². The highest BCUT2D eigenvalue weighted by atomic mass is 16.3. The van der Waals surface area contributed by atoms with Gasteiger partial charge in [0.25, 0.3) is 0 Å². The molecule has 0 aromatic carbocycles. The van der Waals surface area contributed by atoms with E-state index in [0.717, 1.165) is 19.3 Å². The van der Waals surface area contributed by atoms with Crippen LogP contribution in [0.2, 0.25) is 0 Å². The molecule has 1 nitrogen and oxygen atoms in total. The van der Waals surface area contributed by atoms with E-state index in [1.807, 2.05) is 6.08 Å². The Labute approximate surface area is 153 Å². The summed E-state index contributed by atoms with van der Waals surface area (Å²) in [5, 5.41) is 10.0. The number of aliphatic hydroxyl groups excluding tert-OH is 1. The fourth-order valence-corrected chi connectivity index (χ4v) is 3.39. The molecule has 0 aliphatic rings. The highest BCUT2D eigenvalue weighted by Gasteiger charge is 2.03. The van der Waals surface area contributed by atoms with Crippen molar-refractivity contribution in [2.24, 2.45) is 0 Å². The van der Waals surface area contributed by atoms with Crippen molar-refractivity contribution in [3.8, 4) is 0 Å². The van der Waals surface area contributed by atoms with Gasteiger partial charge in [0, 0.05) is 0 Å². The van der Waals surface area contributed by atoms with Crippen molar-refractivity contribution in [2.75, 3.05) is 0 Å². The van der Waals surface area contributed by atoms with Crippen molar-refractivity contribution in [3.05, 3.63) is 12.7 Å². The van der Waals surface area contributed by atoms with Crippen LogP contribution in [0, 0.1) is 0 Å². The smallest absolute Gasteiger partial charge is 0.0540 e. The van der Waals surface area contributed by atoms with Gasteiger partial charge in [-0.1, -0.05) is 109 Å². The molecule has 0 aliphatic carbocycles. The summed E-state index contributed by atoms with van der Waals surface area (Å²) in [5.74, 6) is 0. The Morgan fingerprint density at radius 1 is 0.625 bits per heavy atom. The minimum Gasteiger partial charge on any atom is -0.393 e. The highest BCUT2D eigenvalue weighted by Crippen LogP contribution is 2.15. The average Bonchev–Trinajstić information content (AvgIpc) is 2.59. The van der Waals surface area contributed by atoms with Gasteiger partial charge < -0.3 is 5.11 Å². The molecule has 0 aromatic heterocycles. The second kappa shape index (κ2) is 20.7. The molecular formula is C23H46O. The SMILES string of the molecule is C=CCCCCCCCCC(O)CCCCCCCCCCCC. The van der Waals surface area contributed by atoms with Crippen molar-refractivity contribution in [3.63, 3.8) is 0 Å². The lowest BCUT2D eigenvalue weighted by molar-refractivity contribution is 0.147. The fourth-order valence-electron chi connectivity index (χ4n) is 3.39. The molecule has 0 aromatic rings. The van der Waals surface area contributed by atoms with Gasteiger partial charge in [0.2, 0.25) is 0 Å². The van der Waals surface area contributed by atoms with Crippen molar-refractivity contribution in [1.29, 1.82) is 0 Å². The zero-order valence-electron chi connectivity index (χ0n) is 16.7. The van der Waals surface area contributed by atoms with E-state index in [1.54, 1.807) is 0 Å². The Balaban J connectivity index is 3.13. The molecular weight excluding hydrogens is 292 g/mol. The van der Waals surface area contributed by atoms with Gasteiger partial charge in [0.05, 0.1) is 6.10 Å². The lowest BCUT2D eigenvalue weighted by atomic mass is 10.0. The number of rotatable bonds is 20. The molecule has 1 N–H and O–H groups in total. The van der Waals surface area contributed by atoms with Gasteiger partial charge >= 0.3 is 0 Å². The van der Waals surface area contributed by atoms with Crippen LogP contribution in [0.5, 0.6) is 0 Å². The third-order valence-electron chi connectivity index (χ3n) is 5.09. The van der Waals surface area contributed by atoms with E-state index >= 15 is 0 Å². The van der Waals surface area contributed by atoms with E-state index in [2.05, 4.69) is 13.5 Å². The Hall–Kier alpha value is -0.300. The van der Waals surface area contributed by atoms with Crippen molar-refractivity contribution >= 4 is 0 Å². The lowest BCUT2D eigenvalue weighted by Gasteiger charge is -2.10. The van der Waals surface area contributed by atoms with Crippen LogP contribution in [0.4, 0.5) is 0 Å². The average molecular weight is 339 g/mol. The summed E-state index contributed by atoms with van der Waals surface area (Å²) in [6.07, 6.45) is 26.8. The molecule has 144 valence electrons. The second-order valence-corrected chi connectivity index (χ2v) is 7.61. The monoisotopic (exact) mass is 338 g/mol. The maximum atomic E-state index is 10.0. The zero-order chi connectivity index (χ0) is 17.7. The summed E-state index contributed by atoms with van der Waals surface area (Å²) < 4.78 is 0. The van der Waals surface area contributed by atoms with Gasteiger partial charge in [-0.2, -0.15) is 0 Å². The molecule has 24 heavy (non-hydrogen) atoms. The molecule has 0 rings (SSSR count). The van der Waals surface area contributed by atoms with Gasteiger partial charge in [-0.05, 0) is 25.7 Å². The van der Waals surface area contributed by atoms with Crippen molar-refractivity contribution in [2.45, 2.75) is 135 Å². The maximum Gasteiger partial charge on any atom is 0.0540 e. The van der Waals surface area contributed by atoms with E-state index in [0.29, 0.717) is 0 Å². The van der Waals surface area contributed by atoms with Crippen LogP contribution in [0.25, 0.3) is 0 Å². The van der Waals surface area contributed by atoms with Gasteiger partial charge in [-0.15, -0.1) is 6.58 Å². The second-order valence-electron chi connectivity index (χ2n) is 7.61. The number of aliphatic hydroxyl groups is 1. The standard InChI is InChI=1S/C23H46O/c1-3-5-7-9-11-13-14-16-18-20-22-23(24)21-19-17-15-12-10-8-6-4-2/h4,23-24H,2-3,5-22H2,1H3. The van der Waals surface area contributed by atoms with E-state index in [-0.39, 0.29) is 6.10 Å². The Bertz CT molecular complexity index is 236. The summed E-state index contributed by atoms with van der Waals surface area (Å²) in [6, 6.07) is 0. The molecule has 1 unspecified atom stereocenters. The minimum absolute atomic E-state index is 0.0418. The summed E-state index contributed by atoms with van der Waals surface area (Å²) in [7, 11) is 0. The fraction of sp³-hybridized carbons (Fsp3) is 0.913. The predicted octanol–water partition coefficient (Wildman–Crippen LogP) is 7.97. The Kier molecular flexibility index (Phi) is 20.5. The largest absolute Gasteiger partial charge is 0.393 e. The van der Waals surface area contributed by atoms with Crippen LogP contribution >= 0.6 is 0 Å². The normalized spacial score (nSPS) is 12.4. The summed E-state index contributed by atoms with van der Waals surface area (Å²) in [6.45, 7) is 6.04. The number of hydrogen-bond donors (Lipinski definition) is 1. The maximum absolute atomic E-state index is 10.0. The predicted molar refractivity (Wildman–Crippen MR) is 110 cm³/mol. The molecule has 0 bridgehead atoms. The van der Waals surface area contributed by atoms with Gasteiger partial charge in [-0.3, -0.25) is 0 Å². The highest BCUT2D eigenvalue weighted by molar-refractivity contribution is 4.65. The van der Waals surface area contributed by atoms with Crippen LogP contribution in [-0.4, -0.2) is 11.2 Å². The molecule has 0 radical (unpaired) electrons. The van der Waals surface area contributed by atoms with E-state index < -0.39 is 0 Å². The summed E-state index contributed by atoms with van der Waals surface area (Å²) >= 11 is 0. The van der Waals surface area contributed by atoms with Crippen LogP contribution in [-0.2, 0) is 0 Å². The van der Waals surface area contributed by atoms with Crippen LogP contribution < -0.4 is 0 Å². The third-order valence-corrected chi connectivity index (χ3v) is 5.09. The first kappa shape index (κ1) is 23.7. The van der Waals surface area contributed by atoms with Gasteiger partial charge in [0.15, 0.2) is 0 Å². The lowest BCUT2D eigenvalue weighted by Crippen LogP contribution is -2.05. The number of allylic oxidation sites excluding steroid dienone is 1. The Morgan fingerprint density at radius 2 is 1.00 bits per heavy atom. The van der Waals surface area contributed by atoms with Crippen LogP contribution in [0.1, 0.15) is 129 Å². The molecule has 0 saturated carbocycles. The van der Waals surface area contributed by atoms with E-state index in [9.17, 15) is 5.11 Å². The summed E-state index contributed by atoms with van der Waals surface area (Å²) in [4.78, 5) is 0. The number of unbranched alkanes of at least 4 members (excludes halogenated alkanes) is 15. The minimum atomic E-state index is -0.0418. The molecule has 0 aliphatic heterocycles. The van der Waals surface area contributed by atoms with Gasteiger partial charge in [-0.25, -0.2) is 0 Å². The van der Waals surface area contributed by atoms with E-state index in [1.165, 1.54) is 103 Å². The third kappa shape index (κ3) is 19.7. The molecule has 0 saturated heterocycles. The molecule has 0 spiro atoms. The number of hydrogen-bond acceptors (Lipinski definition) is 1. The van der Waals surface area contributed by atoms with Gasteiger partial charge in [0.1, 0.15) is 0 Å². The first-order chi connectivity index (χ1) is 11.8. The van der Waals surface area contributed by atoms with Crippen LogP contribution in [0.3, 0.4) is 0 Å². The van der Waals surface area contributed by atoms with E-state index in [4.69, 9.17) is 0 Å².